The van der Waals surface area contributed by atoms with E-state index in [1.807, 2.05) is 39.0 Å². The van der Waals surface area contributed by atoms with Gasteiger partial charge in [-0.1, -0.05) is 35.9 Å². The van der Waals surface area contributed by atoms with E-state index in [0.717, 1.165) is 21.6 Å². The van der Waals surface area contributed by atoms with Gasteiger partial charge < -0.3 is 19.2 Å². The summed E-state index contributed by atoms with van der Waals surface area (Å²) in [6.45, 7) is 5.80. The highest BCUT2D eigenvalue weighted by atomic mass is 32.1. The third kappa shape index (κ3) is 4.08. The quantitative estimate of drug-likeness (QED) is 0.302. The van der Waals surface area contributed by atoms with E-state index >= 15 is 0 Å². The SMILES string of the molecule is COC(=O)c1c(NC(=O)c2cc3cccc(OC)c3oc2=O)sc(C)c1-c1cc(C)ccc1C. The molecule has 0 spiro atoms. The van der Waals surface area contributed by atoms with Crippen molar-refractivity contribution in [2.75, 3.05) is 19.5 Å². The summed E-state index contributed by atoms with van der Waals surface area (Å²) in [4.78, 5) is 39.4. The number of rotatable bonds is 5. The van der Waals surface area contributed by atoms with Crippen LogP contribution in [-0.4, -0.2) is 26.1 Å². The monoisotopic (exact) mass is 477 g/mol. The van der Waals surface area contributed by atoms with E-state index in [2.05, 4.69) is 5.32 Å². The van der Waals surface area contributed by atoms with Gasteiger partial charge in [0.1, 0.15) is 16.1 Å². The lowest BCUT2D eigenvalue weighted by molar-refractivity contribution is 0.0603. The van der Waals surface area contributed by atoms with E-state index in [1.165, 1.54) is 31.6 Å². The summed E-state index contributed by atoms with van der Waals surface area (Å²) in [5.74, 6) is -0.871. The van der Waals surface area contributed by atoms with Crippen LogP contribution in [0.4, 0.5) is 5.00 Å². The van der Waals surface area contributed by atoms with Gasteiger partial charge in [0.05, 0.1) is 14.2 Å². The number of methoxy groups -OCH3 is 2. The first-order chi connectivity index (χ1) is 16.2. The Hall–Kier alpha value is -3.91. The first kappa shape index (κ1) is 23.3. The number of hydrogen-bond acceptors (Lipinski definition) is 7. The highest BCUT2D eigenvalue weighted by Gasteiger charge is 2.27. The topological polar surface area (TPSA) is 94.8 Å². The molecule has 2 aromatic carbocycles. The Bertz CT molecular complexity index is 1500. The molecule has 2 aromatic heterocycles. The van der Waals surface area contributed by atoms with E-state index in [-0.39, 0.29) is 16.7 Å². The molecule has 0 saturated heterocycles. The summed E-state index contributed by atoms with van der Waals surface area (Å²) in [5.41, 5.74) is 3.11. The number of nitrogens with one attached hydrogen (secondary N) is 1. The molecular formula is C26H23NO6S. The Morgan fingerprint density at radius 1 is 1.03 bits per heavy atom. The van der Waals surface area contributed by atoms with Crippen molar-refractivity contribution in [2.45, 2.75) is 20.8 Å². The summed E-state index contributed by atoms with van der Waals surface area (Å²) in [6, 6.07) is 12.5. The molecule has 0 saturated carbocycles. The molecule has 8 heteroatoms. The first-order valence-corrected chi connectivity index (χ1v) is 11.3. The van der Waals surface area contributed by atoms with Crippen LogP contribution in [0.15, 0.2) is 51.7 Å². The number of amides is 1. The summed E-state index contributed by atoms with van der Waals surface area (Å²) in [5, 5.41) is 3.57. The van der Waals surface area contributed by atoms with Crippen LogP contribution >= 0.6 is 11.3 Å². The second kappa shape index (κ2) is 9.15. The highest BCUT2D eigenvalue weighted by Crippen LogP contribution is 2.42. The molecular weight excluding hydrogens is 454 g/mol. The third-order valence-corrected chi connectivity index (χ3v) is 6.57. The molecule has 0 aliphatic heterocycles. The van der Waals surface area contributed by atoms with Crippen molar-refractivity contribution in [3.8, 4) is 16.9 Å². The summed E-state index contributed by atoms with van der Waals surface area (Å²) in [6.07, 6.45) is 0. The van der Waals surface area contributed by atoms with Crippen LogP contribution < -0.4 is 15.7 Å². The van der Waals surface area contributed by atoms with Crippen molar-refractivity contribution < 1.29 is 23.5 Å². The van der Waals surface area contributed by atoms with Crippen LogP contribution in [0.1, 0.15) is 36.7 Å². The molecule has 0 unspecified atom stereocenters. The number of carbonyl (C=O) groups is 2. The molecule has 1 amide bonds. The van der Waals surface area contributed by atoms with E-state index in [4.69, 9.17) is 13.9 Å². The number of fused-ring (bicyclic) bond motifs is 1. The number of benzene rings is 2. The maximum atomic E-state index is 13.1. The fraction of sp³-hybridized carbons (Fsp3) is 0.192. The van der Waals surface area contributed by atoms with Gasteiger partial charge in [-0.25, -0.2) is 9.59 Å². The maximum absolute atomic E-state index is 13.1. The first-order valence-electron chi connectivity index (χ1n) is 10.5. The zero-order valence-electron chi connectivity index (χ0n) is 19.4. The fourth-order valence-electron chi connectivity index (χ4n) is 3.87. The normalized spacial score (nSPS) is 10.9. The molecule has 1 N–H and O–H groups in total. The van der Waals surface area contributed by atoms with Crippen molar-refractivity contribution in [1.82, 2.24) is 0 Å². The third-order valence-electron chi connectivity index (χ3n) is 5.55. The Balaban J connectivity index is 1.81. The number of thiophene rings is 1. The van der Waals surface area contributed by atoms with Crippen molar-refractivity contribution in [3.05, 3.63) is 80.0 Å². The average molecular weight is 478 g/mol. The van der Waals surface area contributed by atoms with Crippen molar-refractivity contribution in [3.63, 3.8) is 0 Å². The smallest absolute Gasteiger partial charge is 0.349 e. The minimum atomic E-state index is -0.808. The van der Waals surface area contributed by atoms with Crippen LogP contribution in [0, 0.1) is 20.8 Å². The molecule has 0 radical (unpaired) electrons. The summed E-state index contributed by atoms with van der Waals surface area (Å²) < 4.78 is 15.6. The standard InChI is InChI=1S/C26H23NO6S/c1-13-9-10-14(2)17(11-13)20-15(3)34-24(21(20)26(30)32-5)27-23(28)18-12-16-7-6-8-19(31-4)22(16)33-25(18)29/h6-12H,1-5H3,(H,27,28). The average Bonchev–Trinajstić information content (AvgIpc) is 3.14. The Labute approximate surface area is 199 Å². The van der Waals surface area contributed by atoms with Gasteiger partial charge in [0.25, 0.3) is 5.91 Å². The summed E-state index contributed by atoms with van der Waals surface area (Å²) >= 11 is 1.25. The highest BCUT2D eigenvalue weighted by molar-refractivity contribution is 7.17. The van der Waals surface area contributed by atoms with E-state index in [0.29, 0.717) is 21.7 Å². The number of hydrogen-bond donors (Lipinski definition) is 1. The molecule has 4 aromatic rings. The van der Waals surface area contributed by atoms with Crippen molar-refractivity contribution in [2.24, 2.45) is 0 Å². The lowest BCUT2D eigenvalue weighted by Gasteiger charge is -2.11. The second-order valence-electron chi connectivity index (χ2n) is 7.83. The summed E-state index contributed by atoms with van der Waals surface area (Å²) in [7, 11) is 2.76. The lowest BCUT2D eigenvalue weighted by Crippen LogP contribution is -2.21. The molecule has 0 fully saturated rings. The Morgan fingerprint density at radius 2 is 1.79 bits per heavy atom. The van der Waals surface area contributed by atoms with Gasteiger partial charge in [0.15, 0.2) is 11.3 Å². The Morgan fingerprint density at radius 3 is 2.50 bits per heavy atom. The number of anilines is 1. The zero-order valence-corrected chi connectivity index (χ0v) is 20.2. The molecule has 0 atom stereocenters. The maximum Gasteiger partial charge on any atom is 0.349 e. The van der Waals surface area contributed by atoms with Crippen molar-refractivity contribution in [1.29, 1.82) is 0 Å². The molecule has 174 valence electrons. The van der Waals surface area contributed by atoms with Gasteiger partial charge >= 0.3 is 11.6 Å². The lowest BCUT2D eigenvalue weighted by atomic mass is 9.95. The fourth-order valence-corrected chi connectivity index (χ4v) is 4.92. The van der Waals surface area contributed by atoms with Gasteiger partial charge in [-0.05, 0) is 44.0 Å². The molecule has 2 heterocycles. The predicted octanol–water partition coefficient (Wildman–Crippen LogP) is 5.49. The van der Waals surface area contributed by atoms with Crippen molar-refractivity contribution >= 4 is 39.2 Å². The molecule has 34 heavy (non-hydrogen) atoms. The number of esters is 1. The van der Waals surface area contributed by atoms with E-state index in [1.54, 1.807) is 18.2 Å². The van der Waals surface area contributed by atoms with Crippen LogP contribution in [-0.2, 0) is 4.74 Å². The Kier molecular flexibility index (Phi) is 6.26. The van der Waals surface area contributed by atoms with Gasteiger partial charge in [-0.2, -0.15) is 0 Å². The van der Waals surface area contributed by atoms with E-state index in [9.17, 15) is 14.4 Å². The number of carbonyl (C=O) groups excluding carboxylic acids is 2. The van der Waals surface area contributed by atoms with Crippen LogP contribution in [0.2, 0.25) is 0 Å². The van der Waals surface area contributed by atoms with Gasteiger partial charge in [-0.3, -0.25) is 4.79 Å². The zero-order chi connectivity index (χ0) is 24.6. The van der Waals surface area contributed by atoms with E-state index < -0.39 is 17.5 Å². The minimum absolute atomic E-state index is 0.184. The molecule has 0 aliphatic rings. The predicted molar refractivity (Wildman–Crippen MR) is 132 cm³/mol. The molecule has 0 bridgehead atoms. The van der Waals surface area contributed by atoms with Crippen LogP contribution in [0.3, 0.4) is 0 Å². The number of ether oxygens (including phenoxy) is 2. The molecule has 4 rings (SSSR count). The van der Waals surface area contributed by atoms with Crippen LogP contribution in [0.5, 0.6) is 5.75 Å². The van der Waals surface area contributed by atoms with Gasteiger partial charge in [0, 0.05) is 15.8 Å². The van der Waals surface area contributed by atoms with Gasteiger partial charge in [0.2, 0.25) is 0 Å². The molecule has 7 nitrogen and oxygen atoms in total. The number of para-hydroxylation sites is 1. The molecule has 0 aliphatic carbocycles. The minimum Gasteiger partial charge on any atom is -0.493 e. The van der Waals surface area contributed by atoms with Crippen LogP contribution in [0.25, 0.3) is 22.1 Å². The number of aryl methyl sites for hydroxylation is 3. The van der Waals surface area contributed by atoms with Gasteiger partial charge in [-0.15, -0.1) is 11.3 Å². The second-order valence-corrected chi connectivity index (χ2v) is 9.05. The largest absolute Gasteiger partial charge is 0.493 e.